The van der Waals surface area contributed by atoms with Crippen molar-refractivity contribution in [2.45, 2.75) is 195 Å². The monoisotopic (exact) mass is 513 g/mol. The van der Waals surface area contributed by atoms with E-state index in [-0.39, 0.29) is 0 Å². The van der Waals surface area contributed by atoms with Crippen molar-refractivity contribution in [1.82, 2.24) is 0 Å². The maximum atomic E-state index is 2.36. The van der Waals surface area contributed by atoms with E-state index in [4.69, 9.17) is 0 Å². The second kappa shape index (κ2) is 29.0. The zero-order valence-electron chi connectivity index (χ0n) is 25.7. The van der Waals surface area contributed by atoms with Crippen LogP contribution in [-0.2, 0) is 0 Å². The van der Waals surface area contributed by atoms with E-state index in [0.29, 0.717) is 0 Å². The van der Waals surface area contributed by atoms with E-state index >= 15 is 0 Å². The topological polar surface area (TPSA) is 0 Å². The maximum absolute atomic E-state index is 2.36. The van der Waals surface area contributed by atoms with Crippen molar-refractivity contribution in [2.75, 3.05) is 24.6 Å². The van der Waals surface area contributed by atoms with Crippen molar-refractivity contribution in [3.63, 3.8) is 0 Å². The van der Waals surface area contributed by atoms with Gasteiger partial charge in [0.15, 0.2) is 0 Å². The molecule has 0 aliphatic carbocycles. The molecule has 0 aromatic heterocycles. The molecule has 0 N–H and O–H groups in total. The average Bonchev–Trinajstić information content (AvgIpc) is 2.87. The van der Waals surface area contributed by atoms with Crippen LogP contribution in [0.1, 0.15) is 195 Å². The molecule has 0 heterocycles. The van der Waals surface area contributed by atoms with Crippen LogP contribution >= 0.6 is 7.26 Å². The molecule has 0 unspecified atom stereocenters. The molecule has 0 saturated carbocycles. The van der Waals surface area contributed by atoms with Crippen LogP contribution in [0.25, 0.3) is 0 Å². The molecule has 0 saturated heterocycles. The van der Waals surface area contributed by atoms with Crippen molar-refractivity contribution in [2.24, 2.45) is 0 Å². The molecule has 0 fully saturated rings. The van der Waals surface area contributed by atoms with Gasteiger partial charge in [-0.3, -0.25) is 0 Å². The van der Waals surface area contributed by atoms with Crippen molar-refractivity contribution >= 4 is 7.26 Å². The second-order valence-corrected chi connectivity index (χ2v) is 17.3. The summed E-state index contributed by atoms with van der Waals surface area (Å²) < 4.78 is 0. The molecule has 214 valence electrons. The van der Waals surface area contributed by atoms with Gasteiger partial charge in [-0.05, 0) is 0 Å². The van der Waals surface area contributed by atoms with Crippen molar-refractivity contribution in [3.8, 4) is 0 Å². The first kappa shape index (κ1) is 35.4. The molecule has 0 bridgehead atoms. The standard InChI is InChI=1S/C34H73P/c1-5-9-13-17-18-19-20-21-22-26-30-34-35(31-27-23-14-10-6-2,32-28-24-15-11-7-3)33-29-25-16-12-8-4/h35H,5-34H2,1-4H3. The van der Waals surface area contributed by atoms with Gasteiger partial charge in [0.25, 0.3) is 0 Å². The Balaban J connectivity index is 4.54. The van der Waals surface area contributed by atoms with Crippen LogP contribution in [0.5, 0.6) is 0 Å². The number of rotatable bonds is 30. The Hall–Kier alpha value is 0.430. The third kappa shape index (κ3) is 24.5. The zero-order valence-corrected chi connectivity index (χ0v) is 26.7. The fraction of sp³-hybridized carbons (Fsp3) is 1.00. The van der Waals surface area contributed by atoms with Crippen LogP contribution in [0.15, 0.2) is 0 Å². The fourth-order valence-corrected chi connectivity index (χ4v) is 11.7. The van der Waals surface area contributed by atoms with Gasteiger partial charge >= 0.3 is 220 Å². The Morgan fingerprint density at radius 3 is 0.600 bits per heavy atom. The quantitative estimate of drug-likeness (QED) is 0.0663. The van der Waals surface area contributed by atoms with Crippen molar-refractivity contribution < 1.29 is 0 Å². The summed E-state index contributed by atoms with van der Waals surface area (Å²) in [6.45, 7) is 9.40. The first-order valence-corrected chi connectivity index (χ1v) is 20.1. The molecule has 0 aliphatic rings. The van der Waals surface area contributed by atoms with Crippen molar-refractivity contribution in [1.29, 1.82) is 0 Å². The molecule has 0 amide bonds. The van der Waals surface area contributed by atoms with E-state index in [0.717, 1.165) is 0 Å². The third-order valence-corrected chi connectivity index (χ3v) is 14.4. The number of unbranched alkanes of at least 4 members (excludes halogenated alkanes) is 22. The summed E-state index contributed by atoms with van der Waals surface area (Å²) >= 11 is 0. The summed E-state index contributed by atoms with van der Waals surface area (Å²) in [6.07, 6.45) is 45.4. The molecule has 0 spiro atoms. The van der Waals surface area contributed by atoms with Crippen molar-refractivity contribution in [3.05, 3.63) is 0 Å². The summed E-state index contributed by atoms with van der Waals surface area (Å²) in [7, 11) is -1.07. The molecule has 0 aromatic carbocycles. The van der Waals surface area contributed by atoms with E-state index in [1.54, 1.807) is 50.3 Å². The van der Waals surface area contributed by atoms with Crippen LogP contribution in [0.2, 0.25) is 0 Å². The summed E-state index contributed by atoms with van der Waals surface area (Å²) in [4.78, 5) is 0. The minimum absolute atomic E-state index is 1.07. The van der Waals surface area contributed by atoms with Gasteiger partial charge in [0, 0.05) is 0 Å². The molecule has 1 heteroatoms. The molecule has 35 heavy (non-hydrogen) atoms. The van der Waals surface area contributed by atoms with E-state index < -0.39 is 7.26 Å². The Labute approximate surface area is 226 Å². The minimum atomic E-state index is -1.07. The molecular weight excluding hydrogens is 439 g/mol. The average molecular weight is 513 g/mol. The van der Waals surface area contributed by atoms with E-state index in [1.165, 1.54) is 141 Å². The van der Waals surface area contributed by atoms with Gasteiger partial charge in [-0.15, -0.1) is 0 Å². The van der Waals surface area contributed by atoms with Crippen LogP contribution in [0, 0.1) is 0 Å². The van der Waals surface area contributed by atoms with Gasteiger partial charge in [-0.2, -0.15) is 0 Å². The van der Waals surface area contributed by atoms with Gasteiger partial charge in [-0.1, -0.05) is 6.92 Å². The molecule has 0 atom stereocenters. The summed E-state index contributed by atoms with van der Waals surface area (Å²) in [6, 6.07) is 0. The van der Waals surface area contributed by atoms with Gasteiger partial charge in [-0.25, -0.2) is 0 Å². The summed E-state index contributed by atoms with van der Waals surface area (Å²) in [5.41, 5.74) is 0. The van der Waals surface area contributed by atoms with Crippen LogP contribution in [0.3, 0.4) is 0 Å². The molecular formula is C34H73P. The predicted molar refractivity (Wildman–Crippen MR) is 171 cm³/mol. The SMILES string of the molecule is CCCCCCCCCCCCC[PH](CCCCCCC)(CCCCCCC)CCCCCCC. The van der Waals surface area contributed by atoms with E-state index in [2.05, 4.69) is 27.7 Å². The Morgan fingerprint density at radius 1 is 0.229 bits per heavy atom. The molecule has 0 aromatic rings. The van der Waals surface area contributed by atoms with Gasteiger partial charge in [0.2, 0.25) is 0 Å². The van der Waals surface area contributed by atoms with Crippen LogP contribution in [-0.4, -0.2) is 24.6 Å². The van der Waals surface area contributed by atoms with E-state index in [9.17, 15) is 0 Å². The molecule has 0 rings (SSSR count). The normalized spacial score (nSPS) is 12.5. The number of hydrogen-bond acceptors (Lipinski definition) is 0. The molecule has 0 aliphatic heterocycles. The zero-order chi connectivity index (χ0) is 25.7. The molecule has 0 nitrogen and oxygen atoms in total. The Kier molecular flexibility index (Phi) is 29.3. The third-order valence-electron chi connectivity index (χ3n) is 8.74. The first-order chi connectivity index (χ1) is 17.2. The predicted octanol–water partition coefficient (Wildman–Crippen LogP) is 13.0. The molecule has 0 radical (unpaired) electrons. The first-order valence-electron chi connectivity index (χ1n) is 17.2. The second-order valence-electron chi connectivity index (χ2n) is 12.3. The van der Waals surface area contributed by atoms with Gasteiger partial charge < -0.3 is 0 Å². The number of hydrogen-bond donors (Lipinski definition) is 0. The Morgan fingerprint density at radius 2 is 0.400 bits per heavy atom. The van der Waals surface area contributed by atoms with Crippen LogP contribution in [0.4, 0.5) is 0 Å². The van der Waals surface area contributed by atoms with Gasteiger partial charge in [0.1, 0.15) is 0 Å². The van der Waals surface area contributed by atoms with Gasteiger partial charge in [0.05, 0.1) is 0 Å². The van der Waals surface area contributed by atoms with Crippen LogP contribution < -0.4 is 0 Å². The summed E-state index contributed by atoms with van der Waals surface area (Å²) in [5.74, 6) is 0. The summed E-state index contributed by atoms with van der Waals surface area (Å²) in [5, 5.41) is 0. The fourth-order valence-electron chi connectivity index (χ4n) is 6.22. The van der Waals surface area contributed by atoms with E-state index in [1.807, 2.05) is 0 Å². The Bertz CT molecular complexity index is 341.